The summed E-state index contributed by atoms with van der Waals surface area (Å²) in [4.78, 5) is 0. The zero-order chi connectivity index (χ0) is 9.19. The molecule has 2 atom stereocenters. The molecule has 1 rings (SSSR count). The van der Waals surface area contributed by atoms with Crippen LogP contribution in [0.2, 0.25) is 0 Å². The second kappa shape index (κ2) is 3.78. The predicted molar refractivity (Wildman–Crippen MR) is 52.0 cm³/mol. The normalized spacial score (nSPS) is 28.5. The van der Waals surface area contributed by atoms with E-state index in [4.69, 9.17) is 5.11 Å². The fourth-order valence-electron chi connectivity index (χ4n) is 1.90. The molecule has 1 heteroatoms. The van der Waals surface area contributed by atoms with Crippen molar-refractivity contribution in [3.8, 4) is 0 Å². The minimum Gasteiger partial charge on any atom is -0.393 e. The molecule has 1 fully saturated rings. The highest BCUT2D eigenvalue weighted by molar-refractivity contribution is 4.94. The highest BCUT2D eigenvalue weighted by Crippen LogP contribution is 2.54. The third kappa shape index (κ3) is 3.14. The van der Waals surface area contributed by atoms with Crippen LogP contribution in [0, 0.1) is 11.3 Å². The number of unbranched alkanes of at least 4 members (excludes halogenated alkanes) is 1. The van der Waals surface area contributed by atoms with E-state index in [0.717, 1.165) is 12.3 Å². The van der Waals surface area contributed by atoms with Gasteiger partial charge in [-0.3, -0.25) is 0 Å². The molecular weight excluding hydrogens is 148 g/mol. The van der Waals surface area contributed by atoms with E-state index in [1.807, 2.05) is 6.92 Å². The van der Waals surface area contributed by atoms with Gasteiger partial charge >= 0.3 is 0 Å². The van der Waals surface area contributed by atoms with Crippen molar-refractivity contribution in [1.29, 1.82) is 0 Å². The zero-order valence-corrected chi connectivity index (χ0v) is 8.64. The minimum absolute atomic E-state index is 0.0998. The van der Waals surface area contributed by atoms with E-state index in [-0.39, 0.29) is 6.10 Å². The number of hydrogen-bond donors (Lipinski definition) is 1. The molecule has 1 nitrogen and oxygen atoms in total. The standard InChI is InChI=1S/C11H22O/c1-9(12)6-4-5-7-10-8-11(10,2)3/h9-10,12H,4-8H2,1-3H3. The summed E-state index contributed by atoms with van der Waals surface area (Å²) in [6.45, 7) is 6.58. The Balaban J connectivity index is 1.91. The Hall–Kier alpha value is -0.0400. The molecule has 0 aliphatic heterocycles. The molecule has 1 N–H and O–H groups in total. The molecular formula is C11H22O. The van der Waals surface area contributed by atoms with Crippen molar-refractivity contribution in [2.24, 2.45) is 11.3 Å². The van der Waals surface area contributed by atoms with Crippen LogP contribution < -0.4 is 0 Å². The predicted octanol–water partition coefficient (Wildman–Crippen LogP) is 2.97. The average molecular weight is 170 g/mol. The smallest absolute Gasteiger partial charge is 0.0512 e. The van der Waals surface area contributed by atoms with Crippen LogP contribution in [-0.4, -0.2) is 11.2 Å². The van der Waals surface area contributed by atoms with Crippen molar-refractivity contribution in [3.05, 3.63) is 0 Å². The van der Waals surface area contributed by atoms with Gasteiger partial charge in [0.2, 0.25) is 0 Å². The summed E-state index contributed by atoms with van der Waals surface area (Å²) in [6, 6.07) is 0. The molecule has 1 saturated carbocycles. The Bertz CT molecular complexity index is 138. The van der Waals surface area contributed by atoms with Crippen LogP contribution in [0.3, 0.4) is 0 Å². The average Bonchev–Trinajstić information content (AvgIpc) is 2.51. The summed E-state index contributed by atoms with van der Waals surface area (Å²) in [5.41, 5.74) is 0.644. The molecule has 72 valence electrons. The number of hydrogen-bond acceptors (Lipinski definition) is 1. The Morgan fingerprint density at radius 3 is 2.42 bits per heavy atom. The van der Waals surface area contributed by atoms with Crippen molar-refractivity contribution in [1.82, 2.24) is 0 Å². The molecule has 0 amide bonds. The first-order valence-corrected chi connectivity index (χ1v) is 5.20. The van der Waals surface area contributed by atoms with Crippen LogP contribution in [0.25, 0.3) is 0 Å². The van der Waals surface area contributed by atoms with E-state index < -0.39 is 0 Å². The molecule has 1 aliphatic carbocycles. The summed E-state index contributed by atoms with van der Waals surface area (Å²) in [5, 5.41) is 9.04. The molecule has 0 aromatic heterocycles. The van der Waals surface area contributed by atoms with Crippen LogP contribution in [0.5, 0.6) is 0 Å². The van der Waals surface area contributed by atoms with Gasteiger partial charge in [-0.05, 0) is 37.5 Å². The van der Waals surface area contributed by atoms with Crippen LogP contribution in [0.4, 0.5) is 0 Å². The van der Waals surface area contributed by atoms with E-state index >= 15 is 0 Å². The van der Waals surface area contributed by atoms with Gasteiger partial charge in [0.1, 0.15) is 0 Å². The second-order valence-corrected chi connectivity index (χ2v) is 5.02. The lowest BCUT2D eigenvalue weighted by Gasteiger charge is -2.04. The van der Waals surface area contributed by atoms with Gasteiger partial charge in [0.25, 0.3) is 0 Å². The van der Waals surface area contributed by atoms with E-state index in [2.05, 4.69) is 13.8 Å². The molecule has 0 aromatic rings. The third-order valence-electron chi connectivity index (χ3n) is 3.14. The Labute approximate surface area is 76.2 Å². The van der Waals surface area contributed by atoms with E-state index in [1.54, 1.807) is 0 Å². The summed E-state index contributed by atoms with van der Waals surface area (Å²) < 4.78 is 0. The van der Waals surface area contributed by atoms with E-state index in [0.29, 0.717) is 5.41 Å². The zero-order valence-electron chi connectivity index (χ0n) is 8.64. The maximum atomic E-state index is 9.04. The van der Waals surface area contributed by atoms with Gasteiger partial charge < -0.3 is 5.11 Å². The lowest BCUT2D eigenvalue weighted by molar-refractivity contribution is 0.180. The summed E-state index contributed by atoms with van der Waals surface area (Å²) in [7, 11) is 0. The molecule has 12 heavy (non-hydrogen) atoms. The van der Waals surface area contributed by atoms with Crippen molar-refractivity contribution in [2.45, 2.75) is 59.0 Å². The minimum atomic E-state index is -0.0998. The van der Waals surface area contributed by atoms with E-state index in [9.17, 15) is 0 Å². The first kappa shape index (κ1) is 10.0. The fourth-order valence-corrected chi connectivity index (χ4v) is 1.90. The van der Waals surface area contributed by atoms with Crippen LogP contribution in [-0.2, 0) is 0 Å². The summed E-state index contributed by atoms with van der Waals surface area (Å²) in [6.07, 6.45) is 6.18. The fraction of sp³-hybridized carbons (Fsp3) is 1.00. The molecule has 1 aliphatic rings. The van der Waals surface area contributed by atoms with Crippen molar-refractivity contribution >= 4 is 0 Å². The molecule has 0 radical (unpaired) electrons. The van der Waals surface area contributed by atoms with Gasteiger partial charge in [0.15, 0.2) is 0 Å². The molecule has 0 saturated heterocycles. The second-order valence-electron chi connectivity index (χ2n) is 5.02. The first-order chi connectivity index (χ1) is 5.52. The van der Waals surface area contributed by atoms with Gasteiger partial charge in [-0.2, -0.15) is 0 Å². The lowest BCUT2D eigenvalue weighted by atomic mass is 10.0. The van der Waals surface area contributed by atoms with Gasteiger partial charge in [0.05, 0.1) is 6.10 Å². The molecule has 0 bridgehead atoms. The monoisotopic (exact) mass is 170 g/mol. The van der Waals surface area contributed by atoms with Gasteiger partial charge in [-0.1, -0.05) is 26.7 Å². The largest absolute Gasteiger partial charge is 0.393 e. The first-order valence-electron chi connectivity index (χ1n) is 5.20. The maximum Gasteiger partial charge on any atom is 0.0512 e. The Kier molecular flexibility index (Phi) is 3.16. The van der Waals surface area contributed by atoms with Crippen molar-refractivity contribution < 1.29 is 5.11 Å². The molecule has 2 unspecified atom stereocenters. The Morgan fingerprint density at radius 2 is 2.00 bits per heavy atom. The molecule has 0 spiro atoms. The van der Waals surface area contributed by atoms with Crippen LogP contribution in [0.15, 0.2) is 0 Å². The lowest BCUT2D eigenvalue weighted by Crippen LogP contribution is -1.99. The highest BCUT2D eigenvalue weighted by Gasteiger charge is 2.44. The van der Waals surface area contributed by atoms with Crippen LogP contribution >= 0.6 is 0 Å². The molecule has 0 aromatic carbocycles. The number of rotatable bonds is 5. The van der Waals surface area contributed by atoms with Gasteiger partial charge in [-0.25, -0.2) is 0 Å². The quantitative estimate of drug-likeness (QED) is 0.629. The van der Waals surface area contributed by atoms with Crippen molar-refractivity contribution in [2.75, 3.05) is 0 Å². The van der Waals surface area contributed by atoms with Gasteiger partial charge in [0, 0.05) is 0 Å². The third-order valence-corrected chi connectivity index (χ3v) is 3.14. The highest BCUT2D eigenvalue weighted by atomic mass is 16.3. The van der Waals surface area contributed by atoms with Gasteiger partial charge in [-0.15, -0.1) is 0 Å². The number of aliphatic hydroxyl groups excluding tert-OH is 1. The van der Waals surface area contributed by atoms with Crippen LogP contribution in [0.1, 0.15) is 52.9 Å². The van der Waals surface area contributed by atoms with E-state index in [1.165, 1.54) is 25.7 Å². The SMILES string of the molecule is CC(O)CCCCC1CC1(C)C. The topological polar surface area (TPSA) is 20.2 Å². The number of aliphatic hydroxyl groups is 1. The Morgan fingerprint density at radius 1 is 1.42 bits per heavy atom. The summed E-state index contributed by atoms with van der Waals surface area (Å²) >= 11 is 0. The molecule has 0 heterocycles. The summed E-state index contributed by atoms with van der Waals surface area (Å²) in [5.74, 6) is 0.978. The maximum absolute atomic E-state index is 9.04. The van der Waals surface area contributed by atoms with Crippen molar-refractivity contribution in [3.63, 3.8) is 0 Å².